The zero-order valence-electron chi connectivity index (χ0n) is 10.2. The predicted molar refractivity (Wildman–Crippen MR) is 70.0 cm³/mol. The topological polar surface area (TPSA) is 38.3 Å². The van der Waals surface area contributed by atoms with Gasteiger partial charge in [-0.05, 0) is 31.4 Å². The van der Waals surface area contributed by atoms with E-state index in [2.05, 4.69) is 9.88 Å². The monoisotopic (exact) mass is 241 g/mol. The lowest BCUT2D eigenvalue weighted by Crippen LogP contribution is -2.46. The largest absolute Gasteiger partial charge is 0.473 e. The molecule has 3 heterocycles. The second kappa shape index (κ2) is 3.83. The van der Waals surface area contributed by atoms with E-state index >= 15 is 0 Å². The number of para-hydroxylation sites is 2. The van der Waals surface area contributed by atoms with E-state index < -0.39 is 0 Å². The third-order valence-electron chi connectivity index (χ3n) is 3.83. The number of nitrogens with zero attached hydrogens (tertiary/aromatic N) is 3. The normalized spacial score (nSPS) is 22.2. The van der Waals surface area contributed by atoms with Gasteiger partial charge in [0.05, 0.1) is 17.1 Å². The van der Waals surface area contributed by atoms with Crippen LogP contribution in [0, 0.1) is 0 Å². The van der Waals surface area contributed by atoms with Crippen molar-refractivity contribution >= 4 is 16.9 Å². The maximum absolute atomic E-state index is 5.79. The molecular weight excluding hydrogens is 226 g/mol. The van der Waals surface area contributed by atoms with Gasteiger partial charge in [-0.1, -0.05) is 12.1 Å². The molecule has 1 atom stereocenters. The SMILES string of the molecule is c1ccc2nc3c(nc2c1)OCC1CCCCN31. The highest BCUT2D eigenvalue weighted by molar-refractivity contribution is 5.77. The fourth-order valence-electron chi connectivity index (χ4n) is 2.89. The van der Waals surface area contributed by atoms with Crippen molar-refractivity contribution in [1.82, 2.24) is 9.97 Å². The second-order valence-electron chi connectivity index (χ2n) is 5.00. The summed E-state index contributed by atoms with van der Waals surface area (Å²) in [5.74, 6) is 1.64. The number of ether oxygens (including phenoxy) is 1. The zero-order valence-corrected chi connectivity index (χ0v) is 10.2. The first kappa shape index (κ1) is 10.1. The van der Waals surface area contributed by atoms with Crippen LogP contribution in [0.4, 0.5) is 5.82 Å². The lowest BCUT2D eigenvalue weighted by Gasteiger charge is -2.40. The number of anilines is 1. The minimum Gasteiger partial charge on any atom is -0.473 e. The summed E-state index contributed by atoms with van der Waals surface area (Å²) in [6.07, 6.45) is 3.74. The fraction of sp³-hybridized carbons (Fsp3) is 0.429. The number of hydrogen-bond acceptors (Lipinski definition) is 4. The fourth-order valence-corrected chi connectivity index (χ4v) is 2.89. The van der Waals surface area contributed by atoms with Crippen LogP contribution in [0.3, 0.4) is 0 Å². The number of hydrogen-bond donors (Lipinski definition) is 0. The molecule has 0 saturated carbocycles. The smallest absolute Gasteiger partial charge is 0.258 e. The van der Waals surface area contributed by atoms with Gasteiger partial charge in [-0.15, -0.1) is 0 Å². The standard InChI is InChI=1S/C14H15N3O/c1-2-7-12-11(6-1)15-13-14(16-12)18-9-10-5-3-4-8-17(10)13/h1-2,6-7,10H,3-5,8-9H2. The molecule has 2 aliphatic rings. The van der Waals surface area contributed by atoms with E-state index in [0.717, 1.165) is 30.0 Å². The van der Waals surface area contributed by atoms with E-state index in [1.54, 1.807) is 0 Å². The Bertz CT molecular complexity index is 599. The van der Waals surface area contributed by atoms with E-state index in [9.17, 15) is 0 Å². The molecule has 1 aromatic heterocycles. The van der Waals surface area contributed by atoms with Gasteiger partial charge in [0.2, 0.25) is 0 Å². The van der Waals surface area contributed by atoms with E-state index in [1.807, 2.05) is 24.3 Å². The summed E-state index contributed by atoms with van der Waals surface area (Å²) in [4.78, 5) is 11.7. The van der Waals surface area contributed by atoms with Gasteiger partial charge in [-0.25, -0.2) is 9.97 Å². The maximum atomic E-state index is 5.79. The molecule has 1 aromatic carbocycles. The van der Waals surface area contributed by atoms with Crippen molar-refractivity contribution in [2.24, 2.45) is 0 Å². The summed E-state index contributed by atoms with van der Waals surface area (Å²) < 4.78 is 5.79. The van der Waals surface area contributed by atoms with Crippen LogP contribution < -0.4 is 9.64 Å². The molecule has 2 aliphatic heterocycles. The Morgan fingerprint density at radius 3 is 2.83 bits per heavy atom. The van der Waals surface area contributed by atoms with Gasteiger partial charge in [0, 0.05) is 6.54 Å². The molecular formula is C14H15N3O. The molecule has 0 radical (unpaired) electrons. The summed E-state index contributed by atoms with van der Waals surface area (Å²) in [6.45, 7) is 1.83. The Kier molecular flexibility index (Phi) is 2.15. The van der Waals surface area contributed by atoms with E-state index in [1.165, 1.54) is 19.3 Å². The maximum Gasteiger partial charge on any atom is 0.258 e. The summed E-state index contributed by atoms with van der Waals surface area (Å²) in [5.41, 5.74) is 1.86. The molecule has 4 nitrogen and oxygen atoms in total. The van der Waals surface area contributed by atoms with Crippen LogP contribution in [-0.4, -0.2) is 29.2 Å². The van der Waals surface area contributed by atoms with Crippen molar-refractivity contribution in [3.8, 4) is 5.88 Å². The lowest BCUT2D eigenvalue weighted by atomic mass is 10.0. The molecule has 0 amide bonds. The first-order valence-corrected chi connectivity index (χ1v) is 6.58. The van der Waals surface area contributed by atoms with Gasteiger partial charge in [-0.3, -0.25) is 0 Å². The van der Waals surface area contributed by atoms with Crippen LogP contribution in [-0.2, 0) is 0 Å². The van der Waals surface area contributed by atoms with Crippen LogP contribution in [0.15, 0.2) is 24.3 Å². The van der Waals surface area contributed by atoms with E-state index in [4.69, 9.17) is 9.72 Å². The Morgan fingerprint density at radius 2 is 1.94 bits per heavy atom. The Morgan fingerprint density at radius 1 is 1.11 bits per heavy atom. The van der Waals surface area contributed by atoms with Crippen molar-refractivity contribution in [3.05, 3.63) is 24.3 Å². The lowest BCUT2D eigenvalue weighted by molar-refractivity contribution is 0.230. The first-order valence-electron chi connectivity index (χ1n) is 6.58. The predicted octanol–water partition coefficient (Wildman–Crippen LogP) is 2.38. The average Bonchev–Trinajstić information content (AvgIpc) is 2.45. The highest BCUT2D eigenvalue weighted by Gasteiger charge is 2.31. The number of aromatic nitrogens is 2. The first-order chi connectivity index (χ1) is 8.92. The van der Waals surface area contributed by atoms with E-state index in [0.29, 0.717) is 11.9 Å². The molecule has 4 rings (SSSR count). The van der Waals surface area contributed by atoms with Crippen molar-refractivity contribution in [2.75, 3.05) is 18.1 Å². The molecule has 18 heavy (non-hydrogen) atoms. The molecule has 0 N–H and O–H groups in total. The molecule has 0 spiro atoms. The van der Waals surface area contributed by atoms with Gasteiger partial charge in [0.1, 0.15) is 6.61 Å². The van der Waals surface area contributed by atoms with Crippen LogP contribution >= 0.6 is 0 Å². The summed E-state index contributed by atoms with van der Waals surface area (Å²) in [6, 6.07) is 8.46. The number of benzene rings is 1. The third kappa shape index (κ3) is 1.45. The molecule has 1 unspecified atom stereocenters. The van der Waals surface area contributed by atoms with Crippen LogP contribution in [0.25, 0.3) is 11.0 Å². The average molecular weight is 241 g/mol. The van der Waals surface area contributed by atoms with Crippen LogP contribution in [0.5, 0.6) is 5.88 Å². The Hall–Kier alpha value is -1.84. The Balaban J connectivity index is 1.87. The summed E-state index contributed by atoms with van der Waals surface area (Å²) in [7, 11) is 0. The minimum absolute atomic E-state index is 0.488. The van der Waals surface area contributed by atoms with E-state index in [-0.39, 0.29) is 0 Å². The summed E-state index contributed by atoms with van der Waals surface area (Å²) in [5, 5.41) is 0. The molecule has 92 valence electrons. The number of piperidine rings is 1. The molecule has 1 fully saturated rings. The molecule has 0 bridgehead atoms. The van der Waals surface area contributed by atoms with Gasteiger partial charge in [0.25, 0.3) is 5.88 Å². The Labute approximate surface area is 106 Å². The molecule has 1 saturated heterocycles. The van der Waals surface area contributed by atoms with Crippen molar-refractivity contribution in [2.45, 2.75) is 25.3 Å². The van der Waals surface area contributed by atoms with Gasteiger partial charge in [0.15, 0.2) is 5.82 Å². The molecule has 4 heteroatoms. The van der Waals surface area contributed by atoms with Crippen molar-refractivity contribution in [1.29, 1.82) is 0 Å². The van der Waals surface area contributed by atoms with Crippen LogP contribution in [0.1, 0.15) is 19.3 Å². The van der Waals surface area contributed by atoms with Crippen molar-refractivity contribution < 1.29 is 4.74 Å². The highest BCUT2D eigenvalue weighted by atomic mass is 16.5. The van der Waals surface area contributed by atoms with Gasteiger partial charge in [-0.2, -0.15) is 0 Å². The number of rotatable bonds is 0. The third-order valence-corrected chi connectivity index (χ3v) is 3.83. The number of fused-ring (bicyclic) bond motifs is 4. The van der Waals surface area contributed by atoms with Crippen molar-refractivity contribution in [3.63, 3.8) is 0 Å². The quantitative estimate of drug-likeness (QED) is 0.709. The zero-order chi connectivity index (χ0) is 11.9. The molecule has 2 aromatic rings. The minimum atomic E-state index is 0.488. The highest BCUT2D eigenvalue weighted by Crippen LogP contribution is 2.35. The second-order valence-corrected chi connectivity index (χ2v) is 5.00. The van der Waals surface area contributed by atoms with Gasteiger partial charge >= 0.3 is 0 Å². The summed E-state index contributed by atoms with van der Waals surface area (Å²) >= 11 is 0. The van der Waals surface area contributed by atoms with Crippen LogP contribution in [0.2, 0.25) is 0 Å². The molecule has 0 aliphatic carbocycles. The van der Waals surface area contributed by atoms with Gasteiger partial charge < -0.3 is 9.64 Å².